The van der Waals surface area contributed by atoms with Crippen molar-refractivity contribution in [3.05, 3.63) is 34.3 Å². The maximum absolute atomic E-state index is 13.2. The van der Waals surface area contributed by atoms with Crippen molar-refractivity contribution in [3.63, 3.8) is 0 Å². The molecule has 0 atom stereocenters. The van der Waals surface area contributed by atoms with E-state index in [0.717, 1.165) is 55.7 Å². The van der Waals surface area contributed by atoms with Crippen molar-refractivity contribution in [2.45, 2.75) is 43.9 Å². The molecule has 1 amide bonds. The van der Waals surface area contributed by atoms with Crippen LogP contribution in [0, 0.1) is 5.92 Å². The summed E-state index contributed by atoms with van der Waals surface area (Å²) in [7, 11) is 2.01. The van der Waals surface area contributed by atoms with Crippen LogP contribution in [0.3, 0.4) is 0 Å². The zero-order valence-corrected chi connectivity index (χ0v) is 15.6. The minimum absolute atomic E-state index is 0.238. The van der Waals surface area contributed by atoms with Gasteiger partial charge in [-0.15, -0.1) is 0 Å². The van der Waals surface area contributed by atoms with Crippen molar-refractivity contribution < 1.29 is 4.79 Å². The third-order valence-corrected chi connectivity index (χ3v) is 6.25. The molecule has 1 saturated heterocycles. The summed E-state index contributed by atoms with van der Waals surface area (Å²) in [6, 6.07) is 8.38. The lowest BCUT2D eigenvalue weighted by Crippen LogP contribution is -2.53. The second-order valence-corrected chi connectivity index (χ2v) is 7.99. The van der Waals surface area contributed by atoms with Crippen molar-refractivity contribution in [3.8, 4) is 0 Å². The molecule has 1 aliphatic heterocycles. The number of nitrogens with zero attached hydrogens (tertiary/aromatic N) is 1. The molecule has 1 aliphatic carbocycles. The molecular formula is C19H27BrN2O. The summed E-state index contributed by atoms with van der Waals surface area (Å²) < 4.78 is 1.08. The van der Waals surface area contributed by atoms with Crippen LogP contribution >= 0.6 is 15.9 Å². The van der Waals surface area contributed by atoms with Gasteiger partial charge in [0.1, 0.15) is 0 Å². The number of piperidine rings is 1. The number of hydrogen-bond donors (Lipinski definition) is 1. The van der Waals surface area contributed by atoms with Crippen LogP contribution in [0.15, 0.2) is 28.7 Å². The van der Waals surface area contributed by atoms with E-state index in [1.807, 2.05) is 7.05 Å². The van der Waals surface area contributed by atoms with E-state index in [1.165, 1.54) is 18.4 Å². The number of carbonyl (C=O) groups excluding carboxylic acids is 1. The summed E-state index contributed by atoms with van der Waals surface area (Å²) in [4.78, 5) is 15.3. The van der Waals surface area contributed by atoms with Crippen molar-refractivity contribution in [2.75, 3.05) is 26.7 Å². The first-order valence-corrected chi connectivity index (χ1v) is 9.65. The summed E-state index contributed by atoms with van der Waals surface area (Å²) >= 11 is 3.49. The topological polar surface area (TPSA) is 32.3 Å². The second-order valence-electron chi connectivity index (χ2n) is 7.07. The predicted molar refractivity (Wildman–Crippen MR) is 97.5 cm³/mol. The van der Waals surface area contributed by atoms with Gasteiger partial charge in [0.05, 0.1) is 5.41 Å². The SMILES string of the molecule is CNCCC1CCN(C(=O)C2(c3ccc(Br)cc3)CCC2)CC1. The summed E-state index contributed by atoms with van der Waals surface area (Å²) in [6.45, 7) is 2.96. The van der Waals surface area contributed by atoms with Gasteiger partial charge in [-0.2, -0.15) is 0 Å². The summed E-state index contributed by atoms with van der Waals surface area (Å²) in [5.41, 5.74) is 0.965. The Kier molecular flexibility index (Phi) is 5.42. The first-order valence-electron chi connectivity index (χ1n) is 8.86. The van der Waals surface area contributed by atoms with E-state index >= 15 is 0 Å². The Morgan fingerprint density at radius 2 is 1.91 bits per heavy atom. The lowest BCUT2D eigenvalue weighted by Gasteiger charge is -2.45. The first kappa shape index (κ1) is 17.0. The maximum atomic E-state index is 13.2. The lowest BCUT2D eigenvalue weighted by molar-refractivity contribution is -0.142. The van der Waals surface area contributed by atoms with Gasteiger partial charge in [0.2, 0.25) is 5.91 Å². The molecule has 2 aliphatic rings. The van der Waals surface area contributed by atoms with Gasteiger partial charge in [0, 0.05) is 17.6 Å². The molecule has 1 aromatic rings. The molecule has 0 radical (unpaired) electrons. The molecule has 126 valence electrons. The standard InChI is InChI=1S/C19H27BrN2O/c1-21-12-7-15-8-13-22(14-9-15)18(23)19(10-2-11-19)16-3-5-17(20)6-4-16/h3-6,15,21H,2,7-14H2,1H3. The molecule has 0 unspecified atom stereocenters. The average Bonchev–Trinajstić information content (AvgIpc) is 2.54. The van der Waals surface area contributed by atoms with E-state index in [0.29, 0.717) is 5.91 Å². The van der Waals surface area contributed by atoms with Crippen molar-refractivity contribution in [2.24, 2.45) is 5.92 Å². The van der Waals surface area contributed by atoms with Crippen LogP contribution < -0.4 is 5.32 Å². The van der Waals surface area contributed by atoms with E-state index in [1.54, 1.807) is 0 Å². The number of nitrogens with one attached hydrogen (secondary N) is 1. The number of rotatable bonds is 5. The highest BCUT2D eigenvalue weighted by Gasteiger charge is 2.47. The third kappa shape index (κ3) is 3.48. The Balaban J connectivity index is 1.66. The second kappa shape index (κ2) is 7.35. The molecule has 3 rings (SSSR count). The van der Waals surface area contributed by atoms with E-state index < -0.39 is 0 Å². The molecule has 1 heterocycles. The van der Waals surface area contributed by atoms with E-state index in [9.17, 15) is 4.79 Å². The predicted octanol–water partition coefficient (Wildman–Crippen LogP) is 3.72. The Bertz CT molecular complexity index is 531. The van der Waals surface area contributed by atoms with Crippen LogP contribution in [0.4, 0.5) is 0 Å². The zero-order chi connectivity index (χ0) is 16.3. The molecule has 0 aromatic heterocycles. The highest BCUT2D eigenvalue weighted by atomic mass is 79.9. The largest absolute Gasteiger partial charge is 0.342 e. The quantitative estimate of drug-likeness (QED) is 0.846. The molecule has 0 spiro atoms. The van der Waals surface area contributed by atoms with E-state index in [4.69, 9.17) is 0 Å². The van der Waals surface area contributed by atoms with E-state index in [-0.39, 0.29) is 5.41 Å². The molecule has 0 bridgehead atoms. The summed E-state index contributed by atoms with van der Waals surface area (Å²) in [5.74, 6) is 1.15. The Hall–Kier alpha value is -0.870. The highest BCUT2D eigenvalue weighted by molar-refractivity contribution is 9.10. The van der Waals surface area contributed by atoms with Crippen LogP contribution in [0.5, 0.6) is 0 Å². The maximum Gasteiger partial charge on any atom is 0.233 e. The molecule has 1 N–H and O–H groups in total. The summed E-state index contributed by atoms with van der Waals surface area (Å²) in [5, 5.41) is 3.23. The van der Waals surface area contributed by atoms with Crippen molar-refractivity contribution in [1.29, 1.82) is 0 Å². The zero-order valence-electron chi connectivity index (χ0n) is 14.0. The monoisotopic (exact) mass is 378 g/mol. The Morgan fingerprint density at radius 3 is 2.43 bits per heavy atom. The Labute approximate surface area is 148 Å². The van der Waals surface area contributed by atoms with Crippen LogP contribution in [0.2, 0.25) is 0 Å². The van der Waals surface area contributed by atoms with Gasteiger partial charge in [0.15, 0.2) is 0 Å². The van der Waals surface area contributed by atoms with Gasteiger partial charge in [-0.25, -0.2) is 0 Å². The van der Waals surface area contributed by atoms with Crippen LogP contribution in [0.25, 0.3) is 0 Å². The molecular weight excluding hydrogens is 352 g/mol. The number of benzene rings is 1. The van der Waals surface area contributed by atoms with Gasteiger partial charge in [-0.05, 0) is 69.3 Å². The molecule has 23 heavy (non-hydrogen) atoms. The normalized spacial score (nSPS) is 21.0. The number of carbonyl (C=O) groups is 1. The third-order valence-electron chi connectivity index (χ3n) is 5.72. The summed E-state index contributed by atoms with van der Waals surface area (Å²) in [6.07, 6.45) is 6.73. The van der Waals surface area contributed by atoms with Crippen molar-refractivity contribution in [1.82, 2.24) is 10.2 Å². The minimum Gasteiger partial charge on any atom is -0.342 e. The molecule has 1 aromatic carbocycles. The Morgan fingerprint density at radius 1 is 1.26 bits per heavy atom. The minimum atomic E-state index is -0.238. The number of hydrogen-bond acceptors (Lipinski definition) is 2. The van der Waals surface area contributed by atoms with E-state index in [2.05, 4.69) is 50.4 Å². The van der Waals surface area contributed by atoms with Gasteiger partial charge >= 0.3 is 0 Å². The first-order chi connectivity index (χ1) is 11.2. The smallest absolute Gasteiger partial charge is 0.233 e. The fraction of sp³-hybridized carbons (Fsp3) is 0.632. The molecule has 1 saturated carbocycles. The number of likely N-dealkylation sites (tertiary alicyclic amines) is 1. The van der Waals surface area contributed by atoms with Gasteiger partial charge < -0.3 is 10.2 Å². The van der Waals surface area contributed by atoms with Gasteiger partial charge in [0.25, 0.3) is 0 Å². The number of amides is 1. The average molecular weight is 379 g/mol. The van der Waals surface area contributed by atoms with Gasteiger partial charge in [-0.1, -0.05) is 34.5 Å². The molecule has 3 nitrogen and oxygen atoms in total. The lowest BCUT2D eigenvalue weighted by atomic mass is 9.63. The highest BCUT2D eigenvalue weighted by Crippen LogP contribution is 2.46. The number of halogens is 1. The fourth-order valence-electron chi connectivity index (χ4n) is 4.00. The van der Waals surface area contributed by atoms with Crippen LogP contribution in [-0.4, -0.2) is 37.5 Å². The molecule has 2 fully saturated rings. The van der Waals surface area contributed by atoms with Crippen LogP contribution in [-0.2, 0) is 10.2 Å². The van der Waals surface area contributed by atoms with Crippen molar-refractivity contribution >= 4 is 21.8 Å². The van der Waals surface area contributed by atoms with Gasteiger partial charge in [-0.3, -0.25) is 4.79 Å². The fourth-order valence-corrected chi connectivity index (χ4v) is 4.27. The van der Waals surface area contributed by atoms with Crippen LogP contribution in [0.1, 0.15) is 44.1 Å². The molecule has 4 heteroatoms.